The van der Waals surface area contributed by atoms with Gasteiger partial charge in [-0.15, -0.1) is 0 Å². The highest BCUT2D eigenvalue weighted by Gasteiger charge is 2.32. The first-order chi connectivity index (χ1) is 8.02. The van der Waals surface area contributed by atoms with Crippen LogP contribution in [-0.2, 0) is 4.79 Å². The number of amides is 1. The number of hydrogen-bond acceptors (Lipinski definition) is 2. The Kier molecular flexibility index (Phi) is 3.98. The highest BCUT2D eigenvalue weighted by Crippen LogP contribution is 2.39. The number of benzene rings is 1. The van der Waals surface area contributed by atoms with E-state index in [1.165, 1.54) is 4.90 Å². The van der Waals surface area contributed by atoms with Crippen molar-refractivity contribution in [1.82, 2.24) is 0 Å². The molecule has 0 bridgehead atoms. The van der Waals surface area contributed by atoms with E-state index >= 15 is 0 Å². The molecule has 1 aliphatic rings. The van der Waals surface area contributed by atoms with E-state index in [4.69, 9.17) is 28.3 Å². The Balaban J connectivity index is 2.38. The number of carbonyl (C=O) groups excluding carboxylic acids is 1. The summed E-state index contributed by atoms with van der Waals surface area (Å²) in [4.78, 5) is 13.4. The smallest absolute Gasteiger partial charge is 0.227 e. The second-order valence-electron chi connectivity index (χ2n) is 3.98. The summed E-state index contributed by atoms with van der Waals surface area (Å²) in [6.45, 7) is 0.449. The van der Waals surface area contributed by atoms with Crippen LogP contribution in [0.2, 0.25) is 10.0 Å². The minimum atomic E-state index is -0.0600. The lowest BCUT2D eigenvalue weighted by molar-refractivity contribution is -0.117. The molecule has 1 amide bonds. The third-order valence-electron chi connectivity index (χ3n) is 2.71. The number of nitrogens with zero attached hydrogens (tertiary/aromatic N) is 1. The van der Waals surface area contributed by atoms with Crippen LogP contribution in [0.5, 0.6) is 0 Å². The quantitative estimate of drug-likeness (QED) is 0.900. The van der Waals surface area contributed by atoms with Gasteiger partial charge in [0.05, 0.1) is 15.7 Å². The lowest BCUT2D eigenvalue weighted by atomic mass is 10.1. The van der Waals surface area contributed by atoms with Gasteiger partial charge in [0, 0.05) is 30.0 Å². The van der Waals surface area contributed by atoms with Crippen LogP contribution >= 0.6 is 39.1 Å². The number of hydrogen-bond donors (Lipinski definition) is 1. The van der Waals surface area contributed by atoms with Crippen LogP contribution in [0.15, 0.2) is 16.6 Å². The van der Waals surface area contributed by atoms with E-state index in [9.17, 15) is 4.79 Å². The SMILES string of the molecule is O=C1CC(CO)CN1c1c(Cl)cc(Br)cc1Cl. The monoisotopic (exact) mass is 337 g/mol. The summed E-state index contributed by atoms with van der Waals surface area (Å²) in [6, 6.07) is 3.39. The molecule has 0 aliphatic carbocycles. The predicted molar refractivity (Wildman–Crippen MR) is 71.7 cm³/mol. The summed E-state index contributed by atoms with van der Waals surface area (Å²) in [5.41, 5.74) is 0.525. The molecule has 1 aromatic carbocycles. The molecule has 92 valence electrons. The van der Waals surface area contributed by atoms with Gasteiger partial charge >= 0.3 is 0 Å². The van der Waals surface area contributed by atoms with Gasteiger partial charge in [-0.05, 0) is 12.1 Å². The van der Waals surface area contributed by atoms with Crippen molar-refractivity contribution in [3.05, 3.63) is 26.7 Å². The van der Waals surface area contributed by atoms with Crippen molar-refractivity contribution in [3.8, 4) is 0 Å². The molecule has 1 saturated heterocycles. The van der Waals surface area contributed by atoms with Crippen molar-refractivity contribution in [1.29, 1.82) is 0 Å². The van der Waals surface area contributed by atoms with Gasteiger partial charge < -0.3 is 10.0 Å². The van der Waals surface area contributed by atoms with Crippen molar-refractivity contribution < 1.29 is 9.90 Å². The third-order valence-corrected chi connectivity index (χ3v) is 3.75. The predicted octanol–water partition coefficient (Wildman–Crippen LogP) is 3.10. The van der Waals surface area contributed by atoms with Crippen LogP contribution in [0.4, 0.5) is 5.69 Å². The standard InChI is InChI=1S/C11H10BrCl2NO2/c12-7-2-8(13)11(9(14)3-7)15-4-6(5-16)1-10(15)17/h2-3,6,16H,1,4-5H2. The number of rotatable bonds is 2. The van der Waals surface area contributed by atoms with Crippen molar-refractivity contribution in [2.24, 2.45) is 5.92 Å². The zero-order valence-electron chi connectivity index (χ0n) is 8.79. The van der Waals surface area contributed by atoms with E-state index in [0.717, 1.165) is 4.47 Å². The van der Waals surface area contributed by atoms with E-state index in [1.807, 2.05) is 0 Å². The van der Waals surface area contributed by atoms with Gasteiger partial charge in [0.25, 0.3) is 0 Å². The summed E-state index contributed by atoms with van der Waals surface area (Å²) < 4.78 is 0.765. The van der Waals surface area contributed by atoms with Gasteiger partial charge in [0.15, 0.2) is 0 Å². The largest absolute Gasteiger partial charge is 0.396 e. The molecule has 1 atom stereocenters. The molecule has 1 aromatic rings. The molecule has 0 aromatic heterocycles. The molecular weight excluding hydrogens is 329 g/mol. The molecule has 6 heteroatoms. The summed E-state index contributed by atoms with van der Waals surface area (Å²) >= 11 is 15.5. The Morgan fingerprint density at radius 3 is 2.47 bits per heavy atom. The number of aliphatic hydroxyl groups is 1. The fourth-order valence-corrected chi connectivity index (χ4v) is 3.32. The molecule has 2 rings (SSSR count). The van der Waals surface area contributed by atoms with E-state index in [1.54, 1.807) is 12.1 Å². The molecule has 1 aliphatic heterocycles. The van der Waals surface area contributed by atoms with Gasteiger partial charge in [-0.3, -0.25) is 4.79 Å². The average Bonchev–Trinajstić information content (AvgIpc) is 2.59. The van der Waals surface area contributed by atoms with Gasteiger partial charge in [-0.25, -0.2) is 0 Å². The Morgan fingerprint density at radius 2 is 2.00 bits per heavy atom. The van der Waals surface area contributed by atoms with Crippen LogP contribution in [0.25, 0.3) is 0 Å². The van der Waals surface area contributed by atoms with E-state index < -0.39 is 0 Å². The zero-order valence-corrected chi connectivity index (χ0v) is 11.9. The molecule has 1 fully saturated rings. The summed E-state index contributed by atoms with van der Waals surface area (Å²) in [5, 5.41) is 9.93. The first-order valence-electron chi connectivity index (χ1n) is 5.08. The average molecular weight is 339 g/mol. The maximum absolute atomic E-state index is 11.8. The Labute approximate surface area is 117 Å². The molecule has 0 spiro atoms. The van der Waals surface area contributed by atoms with Gasteiger partial charge in [0.1, 0.15) is 0 Å². The molecule has 0 radical (unpaired) electrons. The minimum Gasteiger partial charge on any atom is -0.396 e. The second-order valence-corrected chi connectivity index (χ2v) is 5.71. The lowest BCUT2D eigenvalue weighted by Crippen LogP contribution is -2.25. The second kappa shape index (κ2) is 5.14. The molecular formula is C11H10BrCl2NO2. The lowest BCUT2D eigenvalue weighted by Gasteiger charge is -2.19. The van der Waals surface area contributed by atoms with Crippen molar-refractivity contribution in [2.45, 2.75) is 6.42 Å². The topological polar surface area (TPSA) is 40.5 Å². The summed E-state index contributed by atoms with van der Waals surface area (Å²) in [7, 11) is 0. The number of anilines is 1. The van der Waals surface area contributed by atoms with Crippen LogP contribution in [0.1, 0.15) is 6.42 Å². The Hall–Kier alpha value is -0.290. The summed E-state index contributed by atoms with van der Waals surface area (Å²) in [6.07, 6.45) is 0.333. The Bertz CT molecular complexity index is 444. The van der Waals surface area contributed by atoms with Gasteiger partial charge in [0.2, 0.25) is 5.91 Å². The van der Waals surface area contributed by atoms with Gasteiger partial charge in [-0.2, -0.15) is 0 Å². The van der Waals surface area contributed by atoms with E-state index in [2.05, 4.69) is 15.9 Å². The van der Waals surface area contributed by atoms with Crippen LogP contribution in [-0.4, -0.2) is 24.2 Å². The third kappa shape index (κ3) is 2.60. The molecule has 1 unspecified atom stereocenters. The summed E-state index contributed by atoms with van der Waals surface area (Å²) in [5.74, 6) is -0.103. The highest BCUT2D eigenvalue weighted by molar-refractivity contribution is 9.10. The molecule has 3 nitrogen and oxygen atoms in total. The first-order valence-corrected chi connectivity index (χ1v) is 6.63. The normalized spacial score (nSPS) is 20.1. The van der Waals surface area contributed by atoms with Crippen molar-refractivity contribution in [3.63, 3.8) is 0 Å². The molecule has 1 N–H and O–H groups in total. The highest BCUT2D eigenvalue weighted by atomic mass is 79.9. The van der Waals surface area contributed by atoms with E-state index in [-0.39, 0.29) is 18.4 Å². The van der Waals surface area contributed by atoms with Crippen LogP contribution in [0, 0.1) is 5.92 Å². The zero-order chi connectivity index (χ0) is 12.6. The Morgan fingerprint density at radius 1 is 1.41 bits per heavy atom. The van der Waals surface area contributed by atoms with E-state index in [0.29, 0.717) is 28.7 Å². The minimum absolute atomic E-state index is 0.00595. The molecule has 0 saturated carbocycles. The van der Waals surface area contributed by atoms with Crippen molar-refractivity contribution in [2.75, 3.05) is 18.1 Å². The fourth-order valence-electron chi connectivity index (χ4n) is 1.91. The van der Waals surface area contributed by atoms with Gasteiger partial charge in [-0.1, -0.05) is 39.1 Å². The first kappa shape index (κ1) is 13.1. The molecule has 17 heavy (non-hydrogen) atoms. The fraction of sp³-hybridized carbons (Fsp3) is 0.364. The number of carbonyl (C=O) groups is 1. The molecule has 1 heterocycles. The van der Waals surface area contributed by atoms with Crippen LogP contribution in [0.3, 0.4) is 0 Å². The maximum Gasteiger partial charge on any atom is 0.227 e. The van der Waals surface area contributed by atoms with Crippen molar-refractivity contribution >= 4 is 50.7 Å². The number of halogens is 3. The van der Waals surface area contributed by atoms with Crippen LogP contribution < -0.4 is 4.90 Å². The maximum atomic E-state index is 11.8. The number of aliphatic hydroxyl groups excluding tert-OH is 1.